The normalized spacial score (nSPS) is 16.6. The highest BCUT2D eigenvalue weighted by atomic mass is 16.2. The molecule has 0 saturated carbocycles. The van der Waals surface area contributed by atoms with Gasteiger partial charge >= 0.3 is 0 Å². The number of para-hydroxylation sites is 1. The molecule has 6 rings (SSSR count). The summed E-state index contributed by atoms with van der Waals surface area (Å²) in [6, 6.07) is 27.0. The van der Waals surface area contributed by atoms with Gasteiger partial charge in [-0.2, -0.15) is 0 Å². The summed E-state index contributed by atoms with van der Waals surface area (Å²) >= 11 is 0. The monoisotopic (exact) mass is 546 g/mol. The topological polar surface area (TPSA) is 73.8 Å². The van der Waals surface area contributed by atoms with E-state index in [-0.39, 0.29) is 17.6 Å². The molecule has 0 aliphatic carbocycles. The van der Waals surface area contributed by atoms with E-state index in [1.54, 1.807) is 19.1 Å². The molecule has 0 N–H and O–H groups in total. The van der Waals surface area contributed by atoms with Crippen LogP contribution < -0.4 is 0 Å². The van der Waals surface area contributed by atoms with Crippen molar-refractivity contribution in [1.29, 1.82) is 0 Å². The largest absolute Gasteiger partial charge is 0.339 e. The second-order valence-corrected chi connectivity index (χ2v) is 10.9. The molecule has 2 aliphatic rings. The van der Waals surface area contributed by atoms with E-state index < -0.39 is 0 Å². The minimum Gasteiger partial charge on any atom is -0.339 e. The number of likely N-dealkylation sites (tertiary alicyclic amines) is 1. The first-order valence-electron chi connectivity index (χ1n) is 14.4. The number of hydrogen-bond donors (Lipinski definition) is 0. The van der Waals surface area contributed by atoms with Crippen molar-refractivity contribution < 1.29 is 14.4 Å². The number of rotatable bonds is 5. The van der Waals surface area contributed by atoms with Crippen molar-refractivity contribution in [3.05, 3.63) is 102 Å². The highest BCUT2D eigenvalue weighted by Gasteiger charge is 2.31. The Kier molecular flexibility index (Phi) is 7.61. The Morgan fingerprint density at radius 3 is 2.00 bits per heavy atom. The van der Waals surface area contributed by atoms with Crippen molar-refractivity contribution >= 4 is 28.5 Å². The molecular weight excluding hydrogens is 512 g/mol. The zero-order chi connectivity index (χ0) is 28.3. The molecule has 208 valence electrons. The lowest BCUT2D eigenvalue weighted by molar-refractivity contribution is 0.0413. The van der Waals surface area contributed by atoms with Crippen LogP contribution in [0.2, 0.25) is 0 Å². The lowest BCUT2D eigenvalue weighted by Gasteiger charge is -2.42. The van der Waals surface area contributed by atoms with Crippen LogP contribution in [-0.2, 0) is 0 Å². The molecule has 3 heterocycles. The van der Waals surface area contributed by atoms with Gasteiger partial charge in [0.1, 0.15) is 0 Å². The number of nitrogens with zero attached hydrogens (tertiary/aromatic N) is 4. The minimum absolute atomic E-state index is 0.0178. The second-order valence-electron chi connectivity index (χ2n) is 10.9. The highest BCUT2D eigenvalue weighted by Crippen LogP contribution is 2.27. The molecule has 2 fully saturated rings. The van der Waals surface area contributed by atoms with Crippen molar-refractivity contribution in [2.24, 2.45) is 0 Å². The van der Waals surface area contributed by atoms with Crippen LogP contribution in [0.5, 0.6) is 0 Å². The molecule has 4 aromatic rings. The second kappa shape index (κ2) is 11.6. The summed E-state index contributed by atoms with van der Waals surface area (Å²) in [5.74, 6) is 0.149. The number of aromatic nitrogens is 1. The van der Waals surface area contributed by atoms with Crippen molar-refractivity contribution in [3.8, 4) is 11.3 Å². The number of piperazine rings is 1. The van der Waals surface area contributed by atoms with Gasteiger partial charge in [0, 0.05) is 67.4 Å². The van der Waals surface area contributed by atoms with E-state index in [0.29, 0.717) is 30.3 Å². The fraction of sp³-hybridized carbons (Fsp3) is 0.294. The number of benzene rings is 3. The first kappa shape index (κ1) is 26.8. The van der Waals surface area contributed by atoms with Gasteiger partial charge in [0.25, 0.3) is 11.8 Å². The summed E-state index contributed by atoms with van der Waals surface area (Å²) < 4.78 is 0. The van der Waals surface area contributed by atoms with E-state index in [9.17, 15) is 14.4 Å². The molecule has 7 heteroatoms. The van der Waals surface area contributed by atoms with Crippen LogP contribution in [0.4, 0.5) is 0 Å². The van der Waals surface area contributed by atoms with Crippen LogP contribution >= 0.6 is 0 Å². The minimum atomic E-state index is 0.0178. The predicted octanol–water partition coefficient (Wildman–Crippen LogP) is 5.17. The van der Waals surface area contributed by atoms with Gasteiger partial charge in [-0.05, 0) is 44.0 Å². The summed E-state index contributed by atoms with van der Waals surface area (Å²) in [6.45, 7) is 6.06. The maximum absolute atomic E-state index is 13.9. The van der Waals surface area contributed by atoms with Crippen LogP contribution in [0, 0.1) is 0 Å². The van der Waals surface area contributed by atoms with Gasteiger partial charge < -0.3 is 9.80 Å². The Hall–Kier alpha value is -4.36. The molecule has 2 aliphatic heterocycles. The molecule has 0 bridgehead atoms. The Morgan fingerprint density at radius 2 is 1.32 bits per heavy atom. The third kappa shape index (κ3) is 5.63. The summed E-state index contributed by atoms with van der Waals surface area (Å²) in [5.41, 5.74) is 4.42. The first-order valence-corrected chi connectivity index (χ1v) is 14.4. The van der Waals surface area contributed by atoms with Gasteiger partial charge in [0.05, 0.1) is 16.8 Å². The van der Waals surface area contributed by atoms with Crippen molar-refractivity contribution in [1.82, 2.24) is 19.7 Å². The van der Waals surface area contributed by atoms with E-state index in [1.165, 1.54) is 0 Å². The Labute approximate surface area is 240 Å². The molecule has 1 aromatic heterocycles. The number of amides is 2. The molecular formula is C34H34N4O3. The average molecular weight is 547 g/mol. The molecule has 0 atom stereocenters. The number of carbonyl (C=O) groups is 3. The molecule has 0 spiro atoms. The van der Waals surface area contributed by atoms with Crippen LogP contribution in [0.15, 0.2) is 84.9 Å². The summed E-state index contributed by atoms with van der Waals surface area (Å²) in [5, 5.41) is 0.847. The third-order valence-corrected chi connectivity index (χ3v) is 8.42. The molecule has 2 amide bonds. The van der Waals surface area contributed by atoms with E-state index >= 15 is 0 Å². The van der Waals surface area contributed by atoms with Crippen LogP contribution in [0.25, 0.3) is 22.2 Å². The van der Waals surface area contributed by atoms with Gasteiger partial charge in [-0.3, -0.25) is 19.3 Å². The molecule has 7 nitrogen and oxygen atoms in total. The molecule has 0 unspecified atom stereocenters. The number of fused-ring (bicyclic) bond motifs is 1. The number of carbonyl (C=O) groups excluding carboxylic acids is 3. The van der Waals surface area contributed by atoms with E-state index in [1.807, 2.05) is 82.6 Å². The van der Waals surface area contributed by atoms with E-state index in [0.717, 1.165) is 66.7 Å². The standard InChI is InChI=1S/C34H34N4O3/c1-24(39)25-11-13-26(14-12-25)32-23-30(29-9-5-6-10-31(29)35-32)34(41)38-21-19-36(20-22-38)28-15-17-37(18-16-28)33(40)27-7-3-2-4-8-27/h2-14,23,28H,15-22H2,1H3. The fourth-order valence-corrected chi connectivity index (χ4v) is 6.03. The number of piperidine rings is 1. The lowest BCUT2D eigenvalue weighted by atomic mass is 10.00. The van der Waals surface area contributed by atoms with Crippen molar-refractivity contribution in [2.75, 3.05) is 39.3 Å². The lowest BCUT2D eigenvalue weighted by Crippen LogP contribution is -2.54. The summed E-state index contributed by atoms with van der Waals surface area (Å²) in [4.78, 5) is 49.7. The Balaban J connectivity index is 1.12. The molecule has 0 radical (unpaired) electrons. The number of Topliss-reactive ketones (excluding diaryl/α,β-unsaturated/α-hetero) is 1. The quantitative estimate of drug-likeness (QED) is 0.323. The van der Waals surface area contributed by atoms with Crippen molar-refractivity contribution in [2.45, 2.75) is 25.8 Å². The summed E-state index contributed by atoms with van der Waals surface area (Å²) in [7, 11) is 0. The van der Waals surface area contributed by atoms with Crippen molar-refractivity contribution in [3.63, 3.8) is 0 Å². The van der Waals surface area contributed by atoms with Crippen LogP contribution in [0.3, 0.4) is 0 Å². The maximum atomic E-state index is 13.9. The van der Waals surface area contributed by atoms with E-state index in [4.69, 9.17) is 4.98 Å². The Bertz CT molecular complexity index is 1570. The van der Waals surface area contributed by atoms with Gasteiger partial charge in [-0.25, -0.2) is 4.98 Å². The average Bonchev–Trinajstić information content (AvgIpc) is 3.04. The zero-order valence-electron chi connectivity index (χ0n) is 23.3. The number of ketones is 1. The van der Waals surface area contributed by atoms with E-state index in [2.05, 4.69) is 4.90 Å². The SMILES string of the molecule is CC(=O)c1ccc(-c2cc(C(=O)N3CCN(C4CCN(C(=O)c5ccccc5)CC4)CC3)c3ccccc3n2)cc1. The van der Waals surface area contributed by atoms with Gasteiger partial charge in [0.2, 0.25) is 0 Å². The Morgan fingerprint density at radius 1 is 0.683 bits per heavy atom. The summed E-state index contributed by atoms with van der Waals surface area (Å²) in [6.07, 6.45) is 1.90. The molecule has 41 heavy (non-hydrogen) atoms. The van der Waals surface area contributed by atoms with Crippen LogP contribution in [-0.4, -0.2) is 82.6 Å². The number of hydrogen-bond acceptors (Lipinski definition) is 5. The number of pyridine rings is 1. The van der Waals surface area contributed by atoms with Gasteiger partial charge in [-0.1, -0.05) is 60.7 Å². The van der Waals surface area contributed by atoms with Crippen LogP contribution in [0.1, 0.15) is 50.8 Å². The fourth-order valence-electron chi connectivity index (χ4n) is 6.03. The third-order valence-electron chi connectivity index (χ3n) is 8.42. The maximum Gasteiger partial charge on any atom is 0.254 e. The smallest absolute Gasteiger partial charge is 0.254 e. The zero-order valence-corrected chi connectivity index (χ0v) is 23.3. The molecule has 2 saturated heterocycles. The van der Waals surface area contributed by atoms with Gasteiger partial charge in [-0.15, -0.1) is 0 Å². The predicted molar refractivity (Wildman–Crippen MR) is 160 cm³/mol. The molecule has 3 aromatic carbocycles. The first-order chi connectivity index (χ1) is 20.0. The highest BCUT2D eigenvalue weighted by molar-refractivity contribution is 6.07. The van der Waals surface area contributed by atoms with Gasteiger partial charge in [0.15, 0.2) is 5.78 Å².